The van der Waals surface area contributed by atoms with Crippen LogP contribution in [0.4, 0.5) is 0 Å². The predicted octanol–water partition coefficient (Wildman–Crippen LogP) is 2.78. The van der Waals surface area contributed by atoms with Gasteiger partial charge < -0.3 is 9.84 Å². The van der Waals surface area contributed by atoms with Crippen molar-refractivity contribution in [2.24, 2.45) is 0 Å². The quantitative estimate of drug-likeness (QED) is 0.537. The van der Waals surface area contributed by atoms with Gasteiger partial charge in [0.05, 0.1) is 5.56 Å². The van der Waals surface area contributed by atoms with Crippen LogP contribution in [0, 0.1) is 0 Å². The number of hydrogen-bond acceptors (Lipinski definition) is 6. The molecule has 30 heavy (non-hydrogen) atoms. The average Bonchev–Trinajstić information content (AvgIpc) is 3.27. The largest absolute Gasteiger partial charge is 0.350 e. The lowest BCUT2D eigenvalue weighted by atomic mass is 10.1. The van der Waals surface area contributed by atoms with Gasteiger partial charge in [0.25, 0.3) is 5.89 Å². The molecule has 0 aliphatic heterocycles. The molecule has 0 unspecified atom stereocenters. The third-order valence-corrected chi connectivity index (χ3v) is 4.43. The minimum absolute atomic E-state index is 0.197. The number of carbonyl (C=O) groups excluding carboxylic acids is 1. The van der Waals surface area contributed by atoms with Crippen LogP contribution in [0.3, 0.4) is 0 Å². The van der Waals surface area contributed by atoms with Gasteiger partial charge in [0.15, 0.2) is 5.65 Å². The zero-order valence-electron chi connectivity index (χ0n) is 16.6. The topological polar surface area (TPSA) is 107 Å². The Morgan fingerprint density at radius 1 is 1.20 bits per heavy atom. The first-order chi connectivity index (χ1) is 14.2. The van der Waals surface area contributed by atoms with Gasteiger partial charge in [-0.2, -0.15) is 4.98 Å². The summed E-state index contributed by atoms with van der Waals surface area (Å²) >= 11 is 5.92. The highest BCUT2D eigenvalue weighted by Crippen LogP contribution is 2.25. The van der Waals surface area contributed by atoms with Crippen molar-refractivity contribution in [2.75, 3.05) is 0 Å². The summed E-state index contributed by atoms with van der Waals surface area (Å²) in [5.41, 5.74) is 0.693. The molecule has 1 aromatic carbocycles. The van der Waals surface area contributed by atoms with Gasteiger partial charge in [-0.05, 0) is 57.2 Å². The smallest absolute Gasteiger partial charge is 0.350 e. The van der Waals surface area contributed by atoms with E-state index in [9.17, 15) is 9.59 Å². The number of fused-ring (bicyclic) bond motifs is 1. The lowest BCUT2D eigenvalue weighted by Crippen LogP contribution is -2.43. The maximum absolute atomic E-state index is 12.7. The lowest BCUT2D eigenvalue weighted by molar-refractivity contribution is -0.123. The first-order valence-electron chi connectivity index (χ1n) is 9.20. The SMILES string of the molecule is CC(C)(C)NC(=O)Cn1nc2c(-c3nc(-c4ccc(Cl)cc4)no3)cccn2c1=O. The van der Waals surface area contributed by atoms with E-state index < -0.39 is 11.2 Å². The van der Waals surface area contributed by atoms with Crippen LogP contribution < -0.4 is 11.0 Å². The van der Waals surface area contributed by atoms with E-state index in [-0.39, 0.29) is 18.3 Å². The molecule has 0 saturated carbocycles. The van der Waals surface area contributed by atoms with E-state index in [2.05, 4.69) is 20.6 Å². The molecule has 4 aromatic rings. The summed E-state index contributed by atoms with van der Waals surface area (Å²) in [4.78, 5) is 29.3. The van der Waals surface area contributed by atoms with E-state index in [1.807, 2.05) is 20.8 Å². The Morgan fingerprint density at radius 2 is 1.93 bits per heavy atom. The van der Waals surface area contributed by atoms with Crippen LogP contribution in [0.25, 0.3) is 28.5 Å². The summed E-state index contributed by atoms with van der Waals surface area (Å²) in [7, 11) is 0. The van der Waals surface area contributed by atoms with Crippen molar-refractivity contribution in [1.82, 2.24) is 29.6 Å². The van der Waals surface area contributed by atoms with Crippen LogP contribution in [0.1, 0.15) is 20.8 Å². The summed E-state index contributed by atoms with van der Waals surface area (Å²) < 4.78 is 7.85. The van der Waals surface area contributed by atoms with E-state index in [4.69, 9.17) is 16.1 Å². The predicted molar refractivity (Wildman–Crippen MR) is 111 cm³/mol. The van der Waals surface area contributed by atoms with Crippen molar-refractivity contribution in [3.8, 4) is 22.8 Å². The highest BCUT2D eigenvalue weighted by Gasteiger charge is 2.20. The van der Waals surface area contributed by atoms with Crippen LogP contribution in [-0.4, -0.2) is 35.8 Å². The first kappa shape index (κ1) is 19.8. The fraction of sp³-hybridized carbons (Fsp3) is 0.250. The molecule has 0 radical (unpaired) electrons. The molecular weight excluding hydrogens is 408 g/mol. The Labute approximate surface area is 176 Å². The average molecular weight is 427 g/mol. The maximum Gasteiger partial charge on any atom is 0.350 e. The summed E-state index contributed by atoms with van der Waals surface area (Å²) in [5.74, 6) is 0.286. The number of aromatic nitrogens is 5. The normalized spacial score (nSPS) is 11.7. The number of benzene rings is 1. The van der Waals surface area contributed by atoms with Gasteiger partial charge in [-0.15, -0.1) is 5.10 Å². The minimum atomic E-state index is -0.437. The summed E-state index contributed by atoms with van der Waals surface area (Å²) in [6.45, 7) is 5.40. The van der Waals surface area contributed by atoms with Gasteiger partial charge >= 0.3 is 5.69 Å². The minimum Gasteiger partial charge on any atom is -0.350 e. The molecular formula is C20H19ClN6O3. The molecule has 0 aliphatic rings. The second kappa shape index (κ2) is 7.42. The molecule has 0 saturated heterocycles. The monoisotopic (exact) mass is 426 g/mol. The number of amides is 1. The number of rotatable bonds is 4. The molecule has 0 atom stereocenters. The molecule has 1 N–H and O–H groups in total. The summed E-state index contributed by atoms with van der Waals surface area (Å²) in [5, 5.41) is 11.7. The molecule has 1 amide bonds. The number of pyridine rings is 1. The van der Waals surface area contributed by atoms with Crippen molar-refractivity contribution >= 4 is 23.2 Å². The molecule has 0 fully saturated rings. The highest BCUT2D eigenvalue weighted by molar-refractivity contribution is 6.30. The molecule has 4 rings (SSSR count). The van der Waals surface area contributed by atoms with Gasteiger partial charge in [-0.1, -0.05) is 16.8 Å². The van der Waals surface area contributed by atoms with Crippen molar-refractivity contribution in [3.63, 3.8) is 0 Å². The Morgan fingerprint density at radius 3 is 2.63 bits per heavy atom. The maximum atomic E-state index is 12.7. The molecule has 10 heteroatoms. The first-order valence-corrected chi connectivity index (χ1v) is 9.58. The van der Waals surface area contributed by atoms with Crippen LogP contribution in [0.5, 0.6) is 0 Å². The van der Waals surface area contributed by atoms with Gasteiger partial charge in [0.1, 0.15) is 6.54 Å². The van der Waals surface area contributed by atoms with E-state index in [0.717, 1.165) is 10.2 Å². The molecule has 0 spiro atoms. The Kier molecular flexibility index (Phi) is 4.90. The standard InChI is InChI=1S/C20H19ClN6O3/c1-20(2,3)23-15(28)11-27-19(29)26-10-4-5-14(17(26)24-27)18-22-16(25-30-18)12-6-8-13(21)9-7-12/h4-10H,11H2,1-3H3,(H,23,28). The number of halogens is 1. The third kappa shape index (κ3) is 3.97. The number of hydrogen-bond donors (Lipinski definition) is 1. The Bertz CT molecular complexity index is 1280. The fourth-order valence-electron chi connectivity index (χ4n) is 2.95. The van der Waals surface area contributed by atoms with Crippen LogP contribution >= 0.6 is 11.6 Å². The summed E-state index contributed by atoms with van der Waals surface area (Å²) in [6.07, 6.45) is 1.57. The van der Waals surface area contributed by atoms with Gasteiger partial charge in [0.2, 0.25) is 11.7 Å². The van der Waals surface area contributed by atoms with Crippen molar-refractivity contribution in [2.45, 2.75) is 32.9 Å². The fourth-order valence-corrected chi connectivity index (χ4v) is 3.08. The molecule has 0 bridgehead atoms. The van der Waals surface area contributed by atoms with Gasteiger partial charge in [-0.25, -0.2) is 13.9 Å². The van der Waals surface area contributed by atoms with E-state index in [1.165, 1.54) is 4.40 Å². The van der Waals surface area contributed by atoms with E-state index >= 15 is 0 Å². The zero-order valence-corrected chi connectivity index (χ0v) is 17.3. The summed E-state index contributed by atoms with van der Waals surface area (Å²) in [6, 6.07) is 10.4. The van der Waals surface area contributed by atoms with Crippen molar-refractivity contribution in [3.05, 3.63) is 58.1 Å². The second-order valence-electron chi connectivity index (χ2n) is 7.78. The zero-order chi connectivity index (χ0) is 21.5. The van der Waals surface area contributed by atoms with E-state index in [1.54, 1.807) is 42.6 Å². The number of nitrogens with one attached hydrogen (secondary N) is 1. The third-order valence-electron chi connectivity index (χ3n) is 4.18. The van der Waals surface area contributed by atoms with Crippen molar-refractivity contribution < 1.29 is 9.32 Å². The van der Waals surface area contributed by atoms with E-state index in [0.29, 0.717) is 22.1 Å². The van der Waals surface area contributed by atoms with Crippen LogP contribution in [-0.2, 0) is 11.3 Å². The molecule has 3 aromatic heterocycles. The Balaban J connectivity index is 1.70. The highest BCUT2D eigenvalue weighted by atomic mass is 35.5. The number of carbonyl (C=O) groups is 1. The number of nitrogens with zero attached hydrogens (tertiary/aromatic N) is 5. The van der Waals surface area contributed by atoms with Gasteiger partial charge in [0, 0.05) is 22.3 Å². The molecule has 9 nitrogen and oxygen atoms in total. The lowest BCUT2D eigenvalue weighted by Gasteiger charge is -2.20. The van der Waals surface area contributed by atoms with Gasteiger partial charge in [-0.3, -0.25) is 4.79 Å². The second-order valence-corrected chi connectivity index (χ2v) is 8.22. The molecule has 154 valence electrons. The molecule has 3 heterocycles. The van der Waals surface area contributed by atoms with Crippen LogP contribution in [0.2, 0.25) is 5.02 Å². The van der Waals surface area contributed by atoms with Crippen molar-refractivity contribution in [1.29, 1.82) is 0 Å². The Hall–Kier alpha value is -3.46. The van der Waals surface area contributed by atoms with Crippen LogP contribution in [0.15, 0.2) is 51.9 Å². The molecule has 0 aliphatic carbocycles.